The van der Waals surface area contributed by atoms with Crippen molar-refractivity contribution in [1.82, 2.24) is 0 Å². The summed E-state index contributed by atoms with van der Waals surface area (Å²) in [5.74, 6) is 1.45. The molecule has 0 bridgehead atoms. The van der Waals surface area contributed by atoms with Gasteiger partial charge in [0.15, 0.2) is 0 Å². The highest BCUT2D eigenvalue weighted by molar-refractivity contribution is 5.71. The Balaban J connectivity index is 1.95. The lowest BCUT2D eigenvalue weighted by molar-refractivity contribution is -0.329. The Morgan fingerprint density at radius 3 is 1.31 bits per heavy atom. The summed E-state index contributed by atoms with van der Waals surface area (Å²) in [5, 5.41) is 11.6. The van der Waals surface area contributed by atoms with E-state index in [2.05, 4.69) is 25.7 Å². The standard InChI is InChI=1S/C46H90N2O4/c1-4-6-8-10-12-14-16-18-20-22-24-26-28-30-32-34-36-46(47)51-49-42-44-39-37-43(38-40-44)41-45(50-52-48-3)35-33-31-29-27-25-23-21-19-17-15-13-11-9-7-5-2/h43-45,47H,3-42H2,1-2H3. The van der Waals surface area contributed by atoms with Crippen molar-refractivity contribution in [3.63, 3.8) is 0 Å². The van der Waals surface area contributed by atoms with Crippen LogP contribution >= 0.6 is 0 Å². The summed E-state index contributed by atoms with van der Waals surface area (Å²) in [7, 11) is 0. The zero-order valence-corrected chi connectivity index (χ0v) is 35.1. The molecule has 1 rings (SSSR count). The Bertz CT molecular complexity index is 742. The number of hydrogen-bond donors (Lipinski definition) is 1. The van der Waals surface area contributed by atoms with E-state index in [-0.39, 0.29) is 12.0 Å². The summed E-state index contributed by atoms with van der Waals surface area (Å²) in [6, 6.07) is 0. The van der Waals surface area contributed by atoms with Crippen LogP contribution < -0.4 is 0 Å². The molecule has 308 valence electrons. The SMILES string of the molecule is C=NOOC(CCCCCCCCCCCCCCCCC)CC1CCC(COOC(=N)CCCCCCCCCCCCCCCCCC)CC1. The molecule has 1 saturated carbocycles. The number of oxime groups is 1. The van der Waals surface area contributed by atoms with Gasteiger partial charge in [0.05, 0.1) is 6.61 Å². The average molecular weight is 735 g/mol. The molecule has 0 amide bonds. The molecule has 0 aromatic rings. The molecule has 0 aromatic carbocycles. The molecule has 1 unspecified atom stereocenters. The van der Waals surface area contributed by atoms with E-state index in [1.807, 2.05) is 0 Å². The molecule has 1 aliphatic rings. The largest absolute Gasteiger partial charge is 0.322 e. The van der Waals surface area contributed by atoms with Crippen LogP contribution in [0.2, 0.25) is 0 Å². The van der Waals surface area contributed by atoms with Crippen molar-refractivity contribution in [2.45, 2.75) is 264 Å². The molecule has 0 radical (unpaired) electrons. The van der Waals surface area contributed by atoms with Gasteiger partial charge in [0.1, 0.15) is 6.10 Å². The smallest absolute Gasteiger partial charge is 0.224 e. The van der Waals surface area contributed by atoms with Crippen LogP contribution in [0, 0.1) is 17.2 Å². The molecule has 52 heavy (non-hydrogen) atoms. The topological polar surface area (TPSA) is 73.1 Å². The van der Waals surface area contributed by atoms with Crippen LogP contribution in [0.1, 0.15) is 258 Å². The fourth-order valence-electron chi connectivity index (χ4n) is 8.12. The van der Waals surface area contributed by atoms with E-state index in [1.54, 1.807) is 0 Å². The Hall–Kier alpha value is -1.14. The average Bonchev–Trinajstić information content (AvgIpc) is 3.15. The number of nitrogens with zero attached hydrogens (tertiary/aromatic N) is 1. The maximum Gasteiger partial charge on any atom is 0.224 e. The van der Waals surface area contributed by atoms with E-state index < -0.39 is 0 Å². The van der Waals surface area contributed by atoms with E-state index in [9.17, 15) is 0 Å². The van der Waals surface area contributed by atoms with Gasteiger partial charge in [-0.1, -0.05) is 212 Å². The third-order valence-corrected chi connectivity index (χ3v) is 11.6. The highest BCUT2D eigenvalue weighted by atomic mass is 17.3. The zero-order valence-electron chi connectivity index (χ0n) is 35.1. The van der Waals surface area contributed by atoms with Gasteiger partial charge < -0.3 is 4.89 Å². The Labute approximate surface area is 324 Å². The van der Waals surface area contributed by atoms with Gasteiger partial charge in [0.25, 0.3) is 0 Å². The minimum absolute atomic E-state index is 0.0959. The number of rotatable bonds is 41. The van der Waals surface area contributed by atoms with Gasteiger partial charge in [0.2, 0.25) is 5.90 Å². The van der Waals surface area contributed by atoms with E-state index in [4.69, 9.17) is 25.1 Å². The lowest BCUT2D eigenvalue weighted by Gasteiger charge is -2.29. The van der Waals surface area contributed by atoms with Crippen molar-refractivity contribution in [3.8, 4) is 0 Å². The van der Waals surface area contributed by atoms with Crippen LogP contribution in [-0.4, -0.2) is 25.3 Å². The first-order chi connectivity index (χ1) is 25.7. The van der Waals surface area contributed by atoms with Crippen LogP contribution in [0.3, 0.4) is 0 Å². The summed E-state index contributed by atoms with van der Waals surface area (Å²) in [6.07, 6.45) is 50.0. The predicted octanol–water partition coefficient (Wildman–Crippen LogP) is 16.0. The number of nitrogens with one attached hydrogen (secondary N) is 1. The lowest BCUT2D eigenvalue weighted by Crippen LogP contribution is -2.24. The van der Waals surface area contributed by atoms with Crippen LogP contribution in [-0.2, 0) is 19.7 Å². The normalized spacial score (nSPS) is 16.6. The second-order valence-corrected chi connectivity index (χ2v) is 16.6. The van der Waals surface area contributed by atoms with Crippen molar-refractivity contribution >= 4 is 12.6 Å². The van der Waals surface area contributed by atoms with Gasteiger partial charge in [-0.05, 0) is 56.8 Å². The quantitative estimate of drug-likeness (QED) is 0.0223. The molecule has 0 spiro atoms. The van der Waals surface area contributed by atoms with Gasteiger partial charge in [-0.25, -0.2) is 4.99 Å². The first kappa shape index (κ1) is 48.9. The van der Waals surface area contributed by atoms with E-state index in [0.717, 1.165) is 32.1 Å². The van der Waals surface area contributed by atoms with Crippen LogP contribution in [0.15, 0.2) is 5.16 Å². The molecule has 0 aliphatic heterocycles. The molecule has 0 heterocycles. The van der Waals surface area contributed by atoms with Gasteiger partial charge in [0, 0.05) is 13.1 Å². The van der Waals surface area contributed by atoms with Crippen molar-refractivity contribution < 1.29 is 19.7 Å². The summed E-state index contributed by atoms with van der Waals surface area (Å²) in [5.41, 5.74) is 0. The minimum atomic E-state index is 0.0959. The highest BCUT2D eigenvalue weighted by Crippen LogP contribution is 2.33. The monoisotopic (exact) mass is 735 g/mol. The molecule has 6 nitrogen and oxygen atoms in total. The van der Waals surface area contributed by atoms with E-state index in [0.29, 0.717) is 24.9 Å². The Morgan fingerprint density at radius 1 is 0.538 bits per heavy atom. The lowest BCUT2D eigenvalue weighted by atomic mass is 9.79. The highest BCUT2D eigenvalue weighted by Gasteiger charge is 2.25. The van der Waals surface area contributed by atoms with Crippen LogP contribution in [0.4, 0.5) is 0 Å². The second kappa shape index (κ2) is 39.6. The molecule has 1 atom stereocenters. The van der Waals surface area contributed by atoms with Crippen molar-refractivity contribution in [1.29, 1.82) is 5.41 Å². The molecule has 6 heteroatoms. The summed E-state index contributed by atoms with van der Waals surface area (Å²) in [6.45, 7) is 8.60. The minimum Gasteiger partial charge on any atom is -0.322 e. The van der Waals surface area contributed by atoms with Gasteiger partial charge in [-0.15, -0.1) is 0 Å². The van der Waals surface area contributed by atoms with E-state index >= 15 is 0 Å². The molecule has 1 aliphatic carbocycles. The number of unbranched alkanes of at least 4 members (excludes halogenated alkanes) is 29. The summed E-state index contributed by atoms with van der Waals surface area (Å²) < 4.78 is 0. The molecule has 0 aromatic heterocycles. The van der Waals surface area contributed by atoms with Crippen molar-refractivity contribution in [2.75, 3.05) is 6.61 Å². The second-order valence-electron chi connectivity index (χ2n) is 16.6. The van der Waals surface area contributed by atoms with Crippen LogP contribution in [0.25, 0.3) is 0 Å². The Kier molecular flexibility index (Phi) is 37.2. The van der Waals surface area contributed by atoms with Gasteiger partial charge >= 0.3 is 0 Å². The fourth-order valence-corrected chi connectivity index (χ4v) is 8.12. The molecule has 1 fully saturated rings. The summed E-state index contributed by atoms with van der Waals surface area (Å²) in [4.78, 5) is 21.5. The summed E-state index contributed by atoms with van der Waals surface area (Å²) >= 11 is 0. The van der Waals surface area contributed by atoms with Crippen molar-refractivity contribution in [3.05, 3.63) is 0 Å². The van der Waals surface area contributed by atoms with Gasteiger partial charge in [-0.3, -0.25) is 5.41 Å². The molecule has 0 saturated heterocycles. The maximum atomic E-state index is 8.13. The van der Waals surface area contributed by atoms with E-state index in [1.165, 1.54) is 205 Å². The molecular weight excluding hydrogens is 645 g/mol. The number of hydrogen-bond acceptors (Lipinski definition) is 6. The van der Waals surface area contributed by atoms with Gasteiger partial charge in [-0.2, -0.15) is 9.78 Å². The molecule has 1 N–H and O–H groups in total. The molecular formula is C46H90N2O4. The van der Waals surface area contributed by atoms with Crippen molar-refractivity contribution in [2.24, 2.45) is 17.0 Å². The third-order valence-electron chi connectivity index (χ3n) is 11.6. The zero-order chi connectivity index (χ0) is 37.4. The maximum absolute atomic E-state index is 8.13. The first-order valence-corrected chi connectivity index (χ1v) is 23.3. The third kappa shape index (κ3) is 33.4. The first-order valence-electron chi connectivity index (χ1n) is 23.3. The van der Waals surface area contributed by atoms with Crippen LogP contribution in [0.5, 0.6) is 0 Å². The Morgan fingerprint density at radius 2 is 0.904 bits per heavy atom. The fraction of sp³-hybridized carbons (Fsp3) is 0.957. The predicted molar refractivity (Wildman–Crippen MR) is 224 cm³/mol.